The molecule has 4 nitrogen and oxygen atoms in total. The Morgan fingerprint density at radius 3 is 2.36 bits per heavy atom. The number of benzene rings is 3. The second-order valence-corrected chi connectivity index (χ2v) is 8.82. The van der Waals surface area contributed by atoms with E-state index in [1.165, 1.54) is 5.56 Å². The van der Waals surface area contributed by atoms with Gasteiger partial charge in [0.05, 0.1) is 17.3 Å². The number of rotatable bonds is 3. The number of nitrogens with zero attached hydrogens (tertiary/aromatic N) is 3. The molecule has 0 N–H and O–H groups in total. The van der Waals surface area contributed by atoms with E-state index in [2.05, 4.69) is 68.4 Å². The fraction of sp³-hybridized carbons (Fsp3) is 0.207. The van der Waals surface area contributed by atoms with Crippen LogP contribution in [0.15, 0.2) is 77.9 Å². The molecule has 33 heavy (non-hydrogen) atoms. The summed E-state index contributed by atoms with van der Waals surface area (Å²) in [7, 11) is 0. The maximum atomic E-state index is 12.6. The minimum absolute atomic E-state index is 0.0539. The average Bonchev–Trinajstić information content (AvgIpc) is 3.24. The average molecular weight is 434 g/mol. The second-order valence-electron chi connectivity index (χ2n) is 8.82. The topological polar surface area (TPSA) is 45.6 Å². The van der Waals surface area contributed by atoms with E-state index in [0.717, 1.165) is 50.1 Å². The predicted octanol–water partition coefficient (Wildman–Crippen LogP) is 6.52. The zero-order chi connectivity index (χ0) is 23.1. The molecule has 0 fully saturated rings. The summed E-state index contributed by atoms with van der Waals surface area (Å²) in [6, 6.07) is 24.9. The number of carbonyl (C=O) groups is 1. The van der Waals surface area contributed by atoms with Crippen LogP contribution >= 0.6 is 0 Å². The van der Waals surface area contributed by atoms with Gasteiger partial charge in [-0.05, 0) is 49.6 Å². The number of hydrogen-bond acceptors (Lipinski definition) is 3. The van der Waals surface area contributed by atoms with Crippen molar-refractivity contribution in [2.45, 2.75) is 40.2 Å². The quantitative estimate of drug-likeness (QED) is 0.369. The molecule has 0 bridgehead atoms. The minimum atomic E-state index is -0.116. The molecular weight excluding hydrogens is 406 g/mol. The van der Waals surface area contributed by atoms with Crippen LogP contribution in [0.1, 0.15) is 47.3 Å². The molecule has 1 aromatic heterocycles. The largest absolute Gasteiger partial charge is 0.273 e. The Hall–Kier alpha value is -3.79. The molecule has 3 aromatic carbocycles. The molecule has 1 aliphatic rings. The summed E-state index contributed by atoms with van der Waals surface area (Å²) < 4.78 is 0. The summed E-state index contributed by atoms with van der Waals surface area (Å²) in [6.07, 6.45) is 0.657. The Labute approximate surface area is 194 Å². The zero-order valence-corrected chi connectivity index (χ0v) is 19.5. The number of aryl methyl sites for hydroxylation is 3. The van der Waals surface area contributed by atoms with Gasteiger partial charge >= 0.3 is 0 Å². The Morgan fingerprint density at radius 2 is 1.64 bits per heavy atom. The fourth-order valence-corrected chi connectivity index (χ4v) is 4.91. The van der Waals surface area contributed by atoms with Gasteiger partial charge in [-0.25, -0.2) is 5.01 Å². The molecule has 0 aliphatic carbocycles. The highest BCUT2D eigenvalue weighted by molar-refractivity contribution is 6.14. The lowest BCUT2D eigenvalue weighted by Gasteiger charge is -2.22. The van der Waals surface area contributed by atoms with E-state index in [0.29, 0.717) is 6.42 Å². The number of carbonyl (C=O) groups excluding carboxylic acids is 1. The van der Waals surface area contributed by atoms with Gasteiger partial charge in [0.25, 0.3) is 0 Å². The van der Waals surface area contributed by atoms with Crippen LogP contribution < -0.4 is 0 Å². The number of amides is 1. The monoisotopic (exact) mass is 433 g/mol. The van der Waals surface area contributed by atoms with Crippen LogP contribution in [-0.4, -0.2) is 21.6 Å². The highest BCUT2D eigenvalue weighted by atomic mass is 16.2. The second kappa shape index (κ2) is 8.28. The van der Waals surface area contributed by atoms with Gasteiger partial charge in [0, 0.05) is 35.6 Å². The van der Waals surface area contributed by atoms with E-state index < -0.39 is 0 Å². The Kier molecular flexibility index (Phi) is 5.29. The maximum absolute atomic E-state index is 12.6. The van der Waals surface area contributed by atoms with Gasteiger partial charge in [0.15, 0.2) is 0 Å². The molecule has 0 radical (unpaired) electrons. The Morgan fingerprint density at radius 1 is 0.909 bits per heavy atom. The van der Waals surface area contributed by atoms with E-state index in [1.54, 1.807) is 11.9 Å². The predicted molar refractivity (Wildman–Crippen MR) is 134 cm³/mol. The van der Waals surface area contributed by atoms with Crippen molar-refractivity contribution in [2.75, 3.05) is 0 Å². The molecule has 1 amide bonds. The fourth-order valence-electron chi connectivity index (χ4n) is 4.91. The van der Waals surface area contributed by atoms with E-state index in [9.17, 15) is 4.79 Å². The lowest BCUT2D eigenvalue weighted by molar-refractivity contribution is -0.130. The Bertz CT molecular complexity index is 1410. The first-order chi connectivity index (χ1) is 15.9. The standard InChI is InChI=1S/C29H27N3O/c1-18-14-15-25-24(16-18)29(22-11-6-5-7-12-22)28(20(3)30-25)26-17-27(32(31-26)21(4)33)23-13-9-8-10-19(23)2/h5-16,27H,17H2,1-4H3. The molecule has 4 heteroatoms. The van der Waals surface area contributed by atoms with Crippen molar-refractivity contribution in [3.05, 3.63) is 101 Å². The lowest BCUT2D eigenvalue weighted by Crippen LogP contribution is -2.24. The number of hydrazone groups is 1. The van der Waals surface area contributed by atoms with Crippen LogP contribution in [0.5, 0.6) is 0 Å². The molecule has 5 rings (SSSR count). The third-order valence-electron chi connectivity index (χ3n) is 6.45. The molecule has 4 aromatic rings. The number of pyridine rings is 1. The molecule has 2 heterocycles. The van der Waals surface area contributed by atoms with Gasteiger partial charge < -0.3 is 0 Å². The zero-order valence-electron chi connectivity index (χ0n) is 19.5. The molecule has 0 saturated carbocycles. The summed E-state index contributed by atoms with van der Waals surface area (Å²) in [6.45, 7) is 7.83. The number of fused-ring (bicyclic) bond motifs is 1. The van der Waals surface area contributed by atoms with Crippen LogP contribution in [0, 0.1) is 20.8 Å². The maximum Gasteiger partial charge on any atom is 0.240 e. The SMILES string of the molecule is CC(=O)N1N=C(c2c(C)nc3ccc(C)cc3c2-c2ccccc2)CC1c1ccccc1C. The van der Waals surface area contributed by atoms with Gasteiger partial charge in [0.2, 0.25) is 5.91 Å². The van der Waals surface area contributed by atoms with Gasteiger partial charge in [0.1, 0.15) is 0 Å². The van der Waals surface area contributed by atoms with Crippen LogP contribution in [0.25, 0.3) is 22.0 Å². The molecule has 164 valence electrons. The first-order valence-corrected chi connectivity index (χ1v) is 11.3. The first kappa shape index (κ1) is 21.1. The van der Waals surface area contributed by atoms with E-state index in [4.69, 9.17) is 10.1 Å². The summed E-state index contributed by atoms with van der Waals surface area (Å²) in [5.74, 6) is -0.0539. The normalized spacial score (nSPS) is 15.7. The van der Waals surface area contributed by atoms with Crippen LogP contribution in [0.4, 0.5) is 0 Å². The third-order valence-corrected chi connectivity index (χ3v) is 6.45. The highest BCUT2D eigenvalue weighted by Gasteiger charge is 2.34. The van der Waals surface area contributed by atoms with Crippen LogP contribution in [0.2, 0.25) is 0 Å². The van der Waals surface area contributed by atoms with E-state index in [-0.39, 0.29) is 11.9 Å². The van der Waals surface area contributed by atoms with Gasteiger partial charge in [-0.1, -0.05) is 66.2 Å². The minimum Gasteiger partial charge on any atom is -0.273 e. The lowest BCUT2D eigenvalue weighted by atomic mass is 9.88. The molecule has 1 atom stereocenters. The molecule has 1 aliphatic heterocycles. The highest BCUT2D eigenvalue weighted by Crippen LogP contribution is 2.40. The smallest absolute Gasteiger partial charge is 0.240 e. The summed E-state index contributed by atoms with van der Waals surface area (Å²) in [4.78, 5) is 17.6. The van der Waals surface area contributed by atoms with E-state index in [1.807, 2.05) is 25.1 Å². The Balaban J connectivity index is 1.75. The van der Waals surface area contributed by atoms with Crippen molar-refractivity contribution < 1.29 is 4.79 Å². The summed E-state index contributed by atoms with van der Waals surface area (Å²) in [5.41, 5.74) is 9.59. The molecule has 0 saturated heterocycles. The van der Waals surface area contributed by atoms with E-state index >= 15 is 0 Å². The summed E-state index contributed by atoms with van der Waals surface area (Å²) in [5, 5.41) is 7.65. The molecule has 0 spiro atoms. The molecule has 1 unspecified atom stereocenters. The van der Waals surface area contributed by atoms with Crippen molar-refractivity contribution in [3.8, 4) is 11.1 Å². The van der Waals surface area contributed by atoms with Gasteiger partial charge in [-0.15, -0.1) is 0 Å². The van der Waals surface area contributed by atoms with Crippen molar-refractivity contribution in [2.24, 2.45) is 5.10 Å². The van der Waals surface area contributed by atoms with Gasteiger partial charge in [-0.3, -0.25) is 9.78 Å². The van der Waals surface area contributed by atoms with Gasteiger partial charge in [-0.2, -0.15) is 5.10 Å². The first-order valence-electron chi connectivity index (χ1n) is 11.3. The number of hydrogen-bond donors (Lipinski definition) is 0. The van der Waals surface area contributed by atoms with Crippen molar-refractivity contribution in [3.63, 3.8) is 0 Å². The third kappa shape index (κ3) is 3.72. The van der Waals surface area contributed by atoms with Crippen molar-refractivity contribution >= 4 is 22.5 Å². The number of aromatic nitrogens is 1. The van der Waals surface area contributed by atoms with Crippen molar-refractivity contribution in [1.29, 1.82) is 0 Å². The summed E-state index contributed by atoms with van der Waals surface area (Å²) >= 11 is 0. The molecular formula is C29H27N3O. The van der Waals surface area contributed by atoms with Crippen molar-refractivity contribution in [1.82, 2.24) is 9.99 Å². The van der Waals surface area contributed by atoms with Crippen LogP contribution in [0.3, 0.4) is 0 Å². The van der Waals surface area contributed by atoms with Crippen LogP contribution in [-0.2, 0) is 4.79 Å².